The minimum Gasteiger partial charge on any atom is -0.497 e. The fraction of sp³-hybridized carbons (Fsp3) is 0.200. The summed E-state index contributed by atoms with van der Waals surface area (Å²) < 4.78 is 16.0. The number of benzene rings is 2. The molecule has 0 aliphatic heterocycles. The van der Waals surface area contributed by atoms with Crippen molar-refractivity contribution in [3.8, 4) is 11.5 Å². The van der Waals surface area contributed by atoms with Gasteiger partial charge < -0.3 is 18.9 Å². The van der Waals surface area contributed by atoms with Crippen LogP contribution in [0.4, 0.5) is 0 Å². The molecular formula is C20H18N2O4S. The first-order chi connectivity index (χ1) is 13.2. The number of aromatic amines is 1. The van der Waals surface area contributed by atoms with Gasteiger partial charge in [0, 0.05) is 29.3 Å². The number of aromatic nitrogens is 2. The van der Waals surface area contributed by atoms with Crippen LogP contribution in [-0.4, -0.2) is 23.7 Å². The number of hydrogen-bond acceptors (Lipinski definition) is 6. The molecule has 2 aromatic heterocycles. The Morgan fingerprint density at radius 1 is 1.15 bits per heavy atom. The third-order valence-corrected chi connectivity index (χ3v) is 5.07. The second kappa shape index (κ2) is 7.36. The summed E-state index contributed by atoms with van der Waals surface area (Å²) in [6, 6.07) is 12.8. The number of ether oxygens (including phenoxy) is 2. The molecule has 0 radical (unpaired) electrons. The number of fused-ring (bicyclic) bond motifs is 2. The summed E-state index contributed by atoms with van der Waals surface area (Å²) in [7, 11) is 1.58. The fourth-order valence-corrected chi connectivity index (χ4v) is 3.77. The normalized spacial score (nSPS) is 11.2. The molecule has 1 N–H and O–H groups in total. The maximum atomic E-state index is 11.9. The first kappa shape index (κ1) is 17.5. The molecule has 0 amide bonds. The summed E-state index contributed by atoms with van der Waals surface area (Å²) in [4.78, 5) is 19.8. The van der Waals surface area contributed by atoms with Crippen molar-refractivity contribution in [3.05, 3.63) is 58.4 Å². The van der Waals surface area contributed by atoms with Gasteiger partial charge in [0.15, 0.2) is 5.16 Å². The molecule has 0 aliphatic rings. The molecule has 4 rings (SSSR count). The predicted molar refractivity (Wildman–Crippen MR) is 106 cm³/mol. The van der Waals surface area contributed by atoms with Crippen molar-refractivity contribution in [1.29, 1.82) is 0 Å². The maximum Gasteiger partial charge on any atom is 0.336 e. The molecule has 4 aromatic rings. The number of nitrogens with one attached hydrogen (secondary N) is 1. The molecule has 0 aliphatic carbocycles. The van der Waals surface area contributed by atoms with Crippen molar-refractivity contribution < 1.29 is 13.9 Å². The minimum atomic E-state index is -0.377. The van der Waals surface area contributed by atoms with Gasteiger partial charge in [0.2, 0.25) is 0 Å². The van der Waals surface area contributed by atoms with Crippen molar-refractivity contribution in [2.75, 3.05) is 13.7 Å². The third-order valence-electron chi connectivity index (χ3n) is 4.14. The van der Waals surface area contributed by atoms with Crippen molar-refractivity contribution in [1.82, 2.24) is 9.97 Å². The molecule has 138 valence electrons. The van der Waals surface area contributed by atoms with E-state index in [4.69, 9.17) is 13.9 Å². The number of imidazole rings is 1. The van der Waals surface area contributed by atoms with Crippen LogP contribution in [0.15, 0.2) is 56.8 Å². The zero-order chi connectivity index (χ0) is 18.8. The molecule has 0 spiro atoms. The lowest BCUT2D eigenvalue weighted by Gasteiger charge is -2.06. The van der Waals surface area contributed by atoms with E-state index in [-0.39, 0.29) is 5.63 Å². The van der Waals surface area contributed by atoms with Crippen LogP contribution in [0, 0.1) is 0 Å². The van der Waals surface area contributed by atoms with Crippen molar-refractivity contribution in [3.63, 3.8) is 0 Å². The molecule has 2 aromatic carbocycles. The summed E-state index contributed by atoms with van der Waals surface area (Å²) >= 11 is 1.53. The quantitative estimate of drug-likeness (QED) is 0.394. The van der Waals surface area contributed by atoms with E-state index in [0.717, 1.165) is 32.9 Å². The van der Waals surface area contributed by atoms with Gasteiger partial charge in [-0.1, -0.05) is 11.8 Å². The van der Waals surface area contributed by atoms with Gasteiger partial charge in [-0.2, -0.15) is 0 Å². The largest absolute Gasteiger partial charge is 0.497 e. The Hall–Kier alpha value is -2.93. The topological polar surface area (TPSA) is 77.3 Å². The number of nitrogens with zero attached hydrogens (tertiary/aromatic N) is 1. The summed E-state index contributed by atoms with van der Waals surface area (Å²) in [5.74, 6) is 2.05. The maximum absolute atomic E-state index is 11.9. The van der Waals surface area contributed by atoms with Crippen molar-refractivity contribution >= 4 is 33.8 Å². The van der Waals surface area contributed by atoms with E-state index in [0.29, 0.717) is 23.7 Å². The van der Waals surface area contributed by atoms with E-state index in [2.05, 4.69) is 9.97 Å². The van der Waals surface area contributed by atoms with Crippen LogP contribution in [-0.2, 0) is 5.75 Å². The SMILES string of the molecule is CCOc1ccc2nc(SCc3cc(=O)oc4cc(OC)ccc34)[nH]c2c1. The first-order valence-corrected chi connectivity index (χ1v) is 9.51. The van der Waals surface area contributed by atoms with Crippen LogP contribution in [0.1, 0.15) is 12.5 Å². The molecule has 0 bridgehead atoms. The zero-order valence-electron chi connectivity index (χ0n) is 14.9. The minimum absolute atomic E-state index is 0.377. The second-order valence-corrected chi connectivity index (χ2v) is 6.86. The highest BCUT2D eigenvalue weighted by atomic mass is 32.2. The summed E-state index contributed by atoms with van der Waals surface area (Å²) in [5.41, 5.74) is 2.83. The lowest BCUT2D eigenvalue weighted by atomic mass is 10.1. The van der Waals surface area contributed by atoms with E-state index in [1.807, 2.05) is 37.3 Å². The van der Waals surface area contributed by atoms with Crippen LogP contribution < -0.4 is 15.1 Å². The Kier molecular flexibility index (Phi) is 4.77. The fourth-order valence-electron chi connectivity index (χ4n) is 2.89. The molecule has 0 unspecified atom stereocenters. The molecular weight excluding hydrogens is 364 g/mol. The van der Waals surface area contributed by atoms with Gasteiger partial charge in [0.05, 0.1) is 24.8 Å². The van der Waals surface area contributed by atoms with E-state index in [9.17, 15) is 4.79 Å². The second-order valence-electron chi connectivity index (χ2n) is 5.90. The van der Waals surface area contributed by atoms with E-state index in [1.165, 1.54) is 17.8 Å². The zero-order valence-corrected chi connectivity index (χ0v) is 15.8. The Morgan fingerprint density at radius 2 is 2.00 bits per heavy atom. The number of thioether (sulfide) groups is 1. The molecule has 0 atom stereocenters. The van der Waals surface area contributed by atoms with Crippen LogP contribution >= 0.6 is 11.8 Å². The molecule has 0 saturated carbocycles. The Balaban J connectivity index is 1.61. The highest BCUT2D eigenvalue weighted by Crippen LogP contribution is 2.29. The van der Waals surface area contributed by atoms with E-state index < -0.39 is 0 Å². The average molecular weight is 382 g/mol. The van der Waals surface area contributed by atoms with Gasteiger partial charge in [-0.25, -0.2) is 9.78 Å². The lowest BCUT2D eigenvalue weighted by molar-refractivity contribution is 0.340. The molecule has 6 nitrogen and oxygen atoms in total. The van der Waals surface area contributed by atoms with Gasteiger partial charge in [0.1, 0.15) is 17.1 Å². The van der Waals surface area contributed by atoms with Gasteiger partial charge in [-0.15, -0.1) is 0 Å². The molecule has 27 heavy (non-hydrogen) atoms. The van der Waals surface area contributed by atoms with Crippen molar-refractivity contribution in [2.24, 2.45) is 0 Å². The standard InChI is InChI=1S/C20H18N2O4S/c1-3-25-14-5-7-16-17(9-14)22-20(21-16)27-11-12-8-19(23)26-18-10-13(24-2)4-6-15(12)18/h4-10H,3,11H2,1-2H3,(H,21,22). The van der Waals surface area contributed by atoms with E-state index in [1.54, 1.807) is 13.2 Å². The Labute approximate surface area is 159 Å². The van der Waals surface area contributed by atoms with Gasteiger partial charge in [-0.05, 0) is 36.8 Å². The predicted octanol–water partition coefficient (Wildman–Crippen LogP) is 4.37. The van der Waals surface area contributed by atoms with Gasteiger partial charge in [-0.3, -0.25) is 0 Å². The summed E-state index contributed by atoms with van der Waals surface area (Å²) in [6.07, 6.45) is 0. The average Bonchev–Trinajstić information content (AvgIpc) is 3.08. The molecule has 2 heterocycles. The number of methoxy groups -OCH3 is 1. The van der Waals surface area contributed by atoms with E-state index >= 15 is 0 Å². The number of rotatable bonds is 6. The Morgan fingerprint density at radius 3 is 2.81 bits per heavy atom. The summed E-state index contributed by atoms with van der Waals surface area (Å²) in [5, 5.41) is 1.67. The van der Waals surface area contributed by atoms with Gasteiger partial charge >= 0.3 is 5.63 Å². The Bertz CT molecular complexity index is 1170. The number of hydrogen-bond donors (Lipinski definition) is 1. The lowest BCUT2D eigenvalue weighted by Crippen LogP contribution is -2.00. The molecule has 0 saturated heterocycles. The highest BCUT2D eigenvalue weighted by molar-refractivity contribution is 7.98. The molecule has 7 heteroatoms. The van der Waals surface area contributed by atoms with Crippen LogP contribution in [0.2, 0.25) is 0 Å². The smallest absolute Gasteiger partial charge is 0.336 e. The monoisotopic (exact) mass is 382 g/mol. The van der Waals surface area contributed by atoms with Gasteiger partial charge in [0.25, 0.3) is 0 Å². The van der Waals surface area contributed by atoms with Crippen molar-refractivity contribution in [2.45, 2.75) is 17.8 Å². The number of H-pyrrole nitrogens is 1. The van der Waals surface area contributed by atoms with Crippen LogP contribution in [0.3, 0.4) is 0 Å². The third kappa shape index (κ3) is 3.64. The first-order valence-electron chi connectivity index (χ1n) is 8.52. The highest BCUT2D eigenvalue weighted by Gasteiger charge is 2.10. The van der Waals surface area contributed by atoms with Crippen LogP contribution in [0.25, 0.3) is 22.0 Å². The summed E-state index contributed by atoms with van der Waals surface area (Å²) in [6.45, 7) is 2.57. The molecule has 0 fully saturated rings. The van der Waals surface area contributed by atoms with Crippen LogP contribution in [0.5, 0.6) is 11.5 Å².